The Bertz CT molecular complexity index is 972. The summed E-state index contributed by atoms with van der Waals surface area (Å²) in [6, 6.07) is 7.80. The number of methoxy groups -OCH3 is 2. The number of nitrogens with one attached hydrogen (secondary N) is 1. The molecule has 1 N–H and O–H groups in total. The molecule has 0 bridgehead atoms. The maximum absolute atomic E-state index is 12.4. The summed E-state index contributed by atoms with van der Waals surface area (Å²) in [6.07, 6.45) is 0. The molecule has 0 aliphatic carbocycles. The monoisotopic (exact) mass is 388 g/mol. The van der Waals surface area contributed by atoms with Gasteiger partial charge in [0, 0.05) is 23.8 Å². The molecule has 0 spiro atoms. The molecular weight excluding hydrogens is 372 g/mol. The van der Waals surface area contributed by atoms with Crippen molar-refractivity contribution in [2.75, 3.05) is 14.2 Å². The van der Waals surface area contributed by atoms with Gasteiger partial charge in [0.25, 0.3) is 11.6 Å². The van der Waals surface area contributed by atoms with Crippen LogP contribution in [0, 0.1) is 20.2 Å². The van der Waals surface area contributed by atoms with Crippen molar-refractivity contribution >= 4 is 23.0 Å². The number of carbonyl (C=O) groups is 1. The van der Waals surface area contributed by atoms with Crippen LogP contribution in [0.4, 0.5) is 11.4 Å². The van der Waals surface area contributed by atoms with E-state index in [4.69, 9.17) is 9.47 Å². The largest absolute Gasteiger partial charge is 0.496 e. The zero-order valence-corrected chi connectivity index (χ0v) is 15.2. The van der Waals surface area contributed by atoms with E-state index in [1.54, 1.807) is 6.07 Å². The Morgan fingerprint density at radius 3 is 2.21 bits per heavy atom. The fourth-order valence-corrected chi connectivity index (χ4v) is 2.30. The number of hydrazone groups is 1. The van der Waals surface area contributed by atoms with Crippen LogP contribution in [0.2, 0.25) is 0 Å². The molecule has 0 radical (unpaired) electrons. The van der Waals surface area contributed by atoms with Gasteiger partial charge in [-0.05, 0) is 25.1 Å². The van der Waals surface area contributed by atoms with Crippen molar-refractivity contribution in [1.82, 2.24) is 5.43 Å². The fraction of sp³-hybridized carbons (Fsp3) is 0.176. The number of benzene rings is 2. The zero-order valence-electron chi connectivity index (χ0n) is 15.2. The summed E-state index contributed by atoms with van der Waals surface area (Å²) in [5, 5.41) is 25.9. The van der Waals surface area contributed by atoms with Crippen LogP contribution in [0.25, 0.3) is 0 Å². The Labute approximate surface area is 158 Å². The maximum Gasteiger partial charge on any atom is 0.311 e. The van der Waals surface area contributed by atoms with Crippen LogP contribution in [0.3, 0.4) is 0 Å². The van der Waals surface area contributed by atoms with Gasteiger partial charge in [-0.2, -0.15) is 5.10 Å². The average Bonchev–Trinajstić information content (AvgIpc) is 2.70. The van der Waals surface area contributed by atoms with Gasteiger partial charge in [0.2, 0.25) is 0 Å². The van der Waals surface area contributed by atoms with E-state index in [1.165, 1.54) is 45.4 Å². The van der Waals surface area contributed by atoms with E-state index in [0.717, 1.165) is 6.07 Å². The Balaban J connectivity index is 2.29. The number of nitrogens with zero attached hydrogens (tertiary/aromatic N) is 3. The van der Waals surface area contributed by atoms with Gasteiger partial charge in [0.1, 0.15) is 5.75 Å². The Morgan fingerprint density at radius 2 is 1.64 bits per heavy atom. The maximum atomic E-state index is 12.4. The van der Waals surface area contributed by atoms with E-state index in [-0.39, 0.29) is 34.1 Å². The summed E-state index contributed by atoms with van der Waals surface area (Å²) in [4.78, 5) is 33.1. The van der Waals surface area contributed by atoms with Crippen LogP contribution >= 0.6 is 0 Å². The fourth-order valence-electron chi connectivity index (χ4n) is 2.30. The van der Waals surface area contributed by atoms with Crippen molar-refractivity contribution in [3.05, 3.63) is 67.8 Å². The molecule has 0 saturated carbocycles. The molecule has 0 saturated heterocycles. The van der Waals surface area contributed by atoms with Crippen molar-refractivity contribution in [2.24, 2.45) is 5.10 Å². The van der Waals surface area contributed by atoms with Crippen molar-refractivity contribution in [3.63, 3.8) is 0 Å². The first kappa shape index (κ1) is 20.3. The van der Waals surface area contributed by atoms with E-state index in [0.29, 0.717) is 5.56 Å². The summed E-state index contributed by atoms with van der Waals surface area (Å²) in [5.74, 6) is -0.508. The van der Waals surface area contributed by atoms with Crippen LogP contribution < -0.4 is 14.9 Å². The molecule has 0 unspecified atom stereocenters. The topological polar surface area (TPSA) is 146 Å². The molecule has 146 valence electrons. The molecule has 0 aliphatic rings. The van der Waals surface area contributed by atoms with Crippen molar-refractivity contribution in [3.8, 4) is 11.5 Å². The van der Waals surface area contributed by atoms with Gasteiger partial charge < -0.3 is 9.47 Å². The highest BCUT2D eigenvalue weighted by molar-refractivity contribution is 6.02. The first-order valence-corrected chi connectivity index (χ1v) is 7.78. The van der Waals surface area contributed by atoms with Gasteiger partial charge in [-0.3, -0.25) is 25.0 Å². The van der Waals surface area contributed by atoms with E-state index < -0.39 is 15.8 Å². The Kier molecular flexibility index (Phi) is 6.22. The molecule has 0 heterocycles. The van der Waals surface area contributed by atoms with Crippen LogP contribution in [-0.4, -0.2) is 35.7 Å². The molecule has 0 aliphatic heterocycles. The molecular formula is C17H16N4O7. The lowest BCUT2D eigenvalue weighted by Gasteiger charge is -2.08. The van der Waals surface area contributed by atoms with Crippen LogP contribution in [0.15, 0.2) is 41.5 Å². The standard InChI is InChI=1S/C17H16N4O7/c1-10(11-4-6-16(28-3)14(8-11)21(25)26)18-19-17(22)13-9-12(20(23)24)5-7-15(13)27-2/h4-9H,1-3H3,(H,19,22)/b18-10-. The van der Waals surface area contributed by atoms with Crippen molar-refractivity contribution < 1.29 is 24.1 Å². The number of nitro benzene ring substituents is 2. The molecule has 28 heavy (non-hydrogen) atoms. The highest BCUT2D eigenvalue weighted by Gasteiger charge is 2.18. The Morgan fingerprint density at radius 1 is 1.00 bits per heavy atom. The highest BCUT2D eigenvalue weighted by Crippen LogP contribution is 2.28. The molecule has 11 nitrogen and oxygen atoms in total. The summed E-state index contributed by atoms with van der Waals surface area (Å²) in [5.41, 5.74) is 2.33. The lowest BCUT2D eigenvalue weighted by atomic mass is 10.1. The number of amides is 1. The molecule has 2 aromatic carbocycles. The molecule has 1 amide bonds. The predicted octanol–water partition coefficient (Wildman–Crippen LogP) is 2.67. The smallest absolute Gasteiger partial charge is 0.311 e. The summed E-state index contributed by atoms with van der Waals surface area (Å²) < 4.78 is 9.97. The lowest BCUT2D eigenvalue weighted by Crippen LogP contribution is -2.20. The SMILES string of the molecule is COc1ccc([N+](=O)[O-])cc1C(=O)N/N=C(/C)c1ccc(OC)c([N+](=O)[O-])c1. The minimum atomic E-state index is -0.733. The van der Waals surface area contributed by atoms with Gasteiger partial charge >= 0.3 is 5.69 Å². The van der Waals surface area contributed by atoms with Crippen molar-refractivity contribution in [1.29, 1.82) is 0 Å². The first-order valence-electron chi connectivity index (χ1n) is 7.78. The quantitative estimate of drug-likeness (QED) is 0.436. The number of carbonyl (C=O) groups excluding carboxylic acids is 1. The highest BCUT2D eigenvalue weighted by atomic mass is 16.6. The summed E-state index contributed by atoms with van der Waals surface area (Å²) >= 11 is 0. The number of nitro groups is 2. The second-order valence-corrected chi connectivity index (χ2v) is 5.42. The third kappa shape index (κ3) is 4.38. The Hall–Kier alpha value is -4.02. The molecule has 11 heteroatoms. The van der Waals surface area contributed by atoms with E-state index in [9.17, 15) is 25.0 Å². The van der Waals surface area contributed by atoms with Crippen LogP contribution in [0.5, 0.6) is 11.5 Å². The number of ether oxygens (including phenoxy) is 2. The third-order valence-electron chi connectivity index (χ3n) is 3.76. The zero-order chi connectivity index (χ0) is 20.8. The minimum Gasteiger partial charge on any atom is -0.496 e. The second-order valence-electron chi connectivity index (χ2n) is 5.42. The van der Waals surface area contributed by atoms with Gasteiger partial charge in [-0.15, -0.1) is 0 Å². The lowest BCUT2D eigenvalue weighted by molar-refractivity contribution is -0.385. The van der Waals surface area contributed by atoms with Crippen LogP contribution in [0.1, 0.15) is 22.8 Å². The average molecular weight is 388 g/mol. The first-order chi connectivity index (χ1) is 13.3. The van der Waals surface area contributed by atoms with Crippen molar-refractivity contribution in [2.45, 2.75) is 6.92 Å². The third-order valence-corrected chi connectivity index (χ3v) is 3.76. The molecule has 0 fully saturated rings. The number of non-ortho nitro benzene ring substituents is 1. The normalized spacial score (nSPS) is 10.9. The minimum absolute atomic E-state index is 0.0750. The van der Waals surface area contributed by atoms with Crippen LogP contribution in [-0.2, 0) is 0 Å². The number of hydrogen-bond acceptors (Lipinski definition) is 8. The van der Waals surface area contributed by atoms with Gasteiger partial charge in [0.05, 0.1) is 35.3 Å². The summed E-state index contributed by atoms with van der Waals surface area (Å²) in [7, 11) is 2.64. The number of hydrogen-bond donors (Lipinski definition) is 1. The van der Waals surface area contributed by atoms with Gasteiger partial charge in [-0.25, -0.2) is 5.43 Å². The molecule has 2 rings (SSSR count). The predicted molar refractivity (Wildman–Crippen MR) is 99.0 cm³/mol. The summed E-state index contributed by atoms with van der Waals surface area (Å²) in [6.45, 7) is 1.54. The number of rotatable bonds is 7. The van der Waals surface area contributed by atoms with E-state index in [1.807, 2.05) is 0 Å². The van der Waals surface area contributed by atoms with E-state index >= 15 is 0 Å². The van der Waals surface area contributed by atoms with Gasteiger partial charge in [-0.1, -0.05) is 0 Å². The van der Waals surface area contributed by atoms with Gasteiger partial charge in [0.15, 0.2) is 5.75 Å². The molecule has 2 aromatic rings. The molecule has 0 aromatic heterocycles. The second kappa shape index (κ2) is 8.58. The van der Waals surface area contributed by atoms with E-state index in [2.05, 4.69) is 10.5 Å². The molecule has 0 atom stereocenters.